The van der Waals surface area contributed by atoms with Gasteiger partial charge in [0.05, 0.1) is 17.3 Å². The van der Waals surface area contributed by atoms with Gasteiger partial charge in [0.2, 0.25) is 5.24 Å². The summed E-state index contributed by atoms with van der Waals surface area (Å²) in [4.78, 5) is 29.3. The fourth-order valence-electron chi connectivity index (χ4n) is 3.91. The summed E-state index contributed by atoms with van der Waals surface area (Å²) in [6.45, 7) is 8.58. The van der Waals surface area contributed by atoms with Crippen LogP contribution in [0.4, 0.5) is 5.69 Å². The number of allylic oxidation sites excluding steroid dienone is 2. The van der Waals surface area contributed by atoms with Gasteiger partial charge in [0.1, 0.15) is 0 Å². The Morgan fingerprint density at radius 3 is 2.44 bits per heavy atom. The van der Waals surface area contributed by atoms with Crippen LogP contribution in [0.15, 0.2) is 48.1 Å². The van der Waals surface area contributed by atoms with Crippen molar-refractivity contribution in [1.82, 2.24) is 4.98 Å². The van der Waals surface area contributed by atoms with Gasteiger partial charge in [0, 0.05) is 23.4 Å². The van der Waals surface area contributed by atoms with Gasteiger partial charge >= 0.3 is 0 Å². The highest BCUT2D eigenvalue weighted by atomic mass is 35.5. The summed E-state index contributed by atoms with van der Waals surface area (Å²) >= 11 is 5.58. The number of hydrogen-bond donors (Lipinski definition) is 2. The van der Waals surface area contributed by atoms with Crippen molar-refractivity contribution in [3.8, 4) is 11.1 Å². The van der Waals surface area contributed by atoms with E-state index < -0.39 is 5.24 Å². The van der Waals surface area contributed by atoms with E-state index in [0.717, 1.165) is 40.1 Å². The summed E-state index contributed by atoms with van der Waals surface area (Å²) in [6.07, 6.45) is 6.28. The molecule has 0 saturated carbocycles. The normalized spacial score (nSPS) is 15.6. The van der Waals surface area contributed by atoms with Crippen LogP contribution < -0.4 is 11.1 Å². The molecule has 0 bridgehead atoms. The van der Waals surface area contributed by atoms with E-state index in [4.69, 9.17) is 22.3 Å². The molecule has 1 aromatic heterocycles. The van der Waals surface area contributed by atoms with Gasteiger partial charge in [-0.2, -0.15) is 0 Å². The van der Waals surface area contributed by atoms with Crippen LogP contribution in [0.5, 0.6) is 0 Å². The number of carbonyl (C=O) groups is 2. The Bertz CT molecular complexity index is 1090. The van der Waals surface area contributed by atoms with Crippen molar-refractivity contribution >= 4 is 28.4 Å². The number of pyridine rings is 1. The van der Waals surface area contributed by atoms with Crippen molar-refractivity contribution in [2.75, 3.05) is 5.32 Å². The standard InChI is InChI=1S/C26H30ClN3O2/c1-15(2)13-22-21(14-28)23(18-7-5-16(3)6-8-18)24(17(4)29-22)30-26(32)20-11-9-19(10-12-20)25(27)31/h5-9,11-12,15,19H,10,13-14,28H2,1-4H3,(H,30,32). The number of aryl methyl sites for hydroxylation is 2. The predicted molar refractivity (Wildman–Crippen MR) is 130 cm³/mol. The molecule has 0 aliphatic heterocycles. The molecule has 1 aliphatic rings. The first-order valence-electron chi connectivity index (χ1n) is 10.9. The number of halogens is 1. The van der Waals surface area contributed by atoms with Gasteiger partial charge in [0.15, 0.2) is 0 Å². The summed E-state index contributed by atoms with van der Waals surface area (Å²) in [5.74, 6) is -0.216. The number of hydrogen-bond acceptors (Lipinski definition) is 4. The Kier molecular flexibility index (Phi) is 7.64. The smallest absolute Gasteiger partial charge is 0.255 e. The van der Waals surface area contributed by atoms with E-state index >= 15 is 0 Å². The van der Waals surface area contributed by atoms with E-state index in [-0.39, 0.29) is 11.8 Å². The summed E-state index contributed by atoms with van der Waals surface area (Å²) < 4.78 is 0. The summed E-state index contributed by atoms with van der Waals surface area (Å²) in [7, 11) is 0. The minimum Gasteiger partial charge on any atom is -0.326 e. The molecule has 1 aliphatic carbocycles. The lowest BCUT2D eigenvalue weighted by atomic mass is 9.92. The minimum atomic E-state index is -0.424. The lowest BCUT2D eigenvalue weighted by molar-refractivity contribution is -0.114. The highest BCUT2D eigenvalue weighted by Crippen LogP contribution is 2.36. The van der Waals surface area contributed by atoms with E-state index in [1.807, 2.05) is 13.8 Å². The minimum absolute atomic E-state index is 0.250. The third-order valence-electron chi connectivity index (χ3n) is 5.60. The summed E-state index contributed by atoms with van der Waals surface area (Å²) in [6, 6.07) is 8.20. The highest BCUT2D eigenvalue weighted by molar-refractivity contribution is 6.64. The number of benzene rings is 1. The van der Waals surface area contributed by atoms with Crippen molar-refractivity contribution in [3.05, 3.63) is 70.6 Å². The molecule has 0 saturated heterocycles. The molecule has 0 spiro atoms. The number of amides is 1. The molecule has 1 unspecified atom stereocenters. The van der Waals surface area contributed by atoms with Crippen LogP contribution in [0, 0.1) is 25.7 Å². The van der Waals surface area contributed by atoms with Crippen molar-refractivity contribution < 1.29 is 9.59 Å². The Balaban J connectivity index is 2.06. The van der Waals surface area contributed by atoms with Gasteiger partial charge in [-0.25, -0.2) is 0 Å². The van der Waals surface area contributed by atoms with E-state index in [1.165, 1.54) is 0 Å². The molecule has 0 radical (unpaired) electrons. The molecule has 3 N–H and O–H groups in total. The van der Waals surface area contributed by atoms with Gasteiger partial charge in [-0.05, 0) is 55.3 Å². The maximum atomic E-state index is 13.1. The van der Waals surface area contributed by atoms with Crippen LogP contribution >= 0.6 is 11.6 Å². The Morgan fingerprint density at radius 1 is 1.22 bits per heavy atom. The van der Waals surface area contributed by atoms with Crippen LogP contribution in [0.1, 0.15) is 42.8 Å². The van der Waals surface area contributed by atoms with Gasteiger partial charge in [-0.1, -0.05) is 61.9 Å². The quantitative estimate of drug-likeness (QED) is 0.564. The molecule has 2 aromatic rings. The van der Waals surface area contributed by atoms with Gasteiger partial charge in [-0.3, -0.25) is 14.6 Å². The zero-order valence-corrected chi connectivity index (χ0v) is 19.8. The zero-order chi connectivity index (χ0) is 23.4. The maximum Gasteiger partial charge on any atom is 0.255 e. The molecule has 5 nitrogen and oxygen atoms in total. The largest absolute Gasteiger partial charge is 0.326 e. The second-order valence-corrected chi connectivity index (χ2v) is 9.03. The van der Waals surface area contributed by atoms with Crippen LogP contribution in [0.2, 0.25) is 0 Å². The molecule has 6 heteroatoms. The van der Waals surface area contributed by atoms with E-state index in [2.05, 4.69) is 43.4 Å². The average Bonchev–Trinajstić information content (AvgIpc) is 2.75. The zero-order valence-electron chi connectivity index (χ0n) is 19.0. The molecular weight excluding hydrogens is 422 g/mol. The summed E-state index contributed by atoms with van der Waals surface area (Å²) in [5, 5.41) is 2.64. The Morgan fingerprint density at radius 2 is 1.91 bits per heavy atom. The van der Waals surface area contributed by atoms with Crippen molar-refractivity contribution in [1.29, 1.82) is 0 Å². The third-order valence-corrected chi connectivity index (χ3v) is 5.88. The van der Waals surface area contributed by atoms with Crippen LogP contribution in [0.3, 0.4) is 0 Å². The number of nitrogens with one attached hydrogen (secondary N) is 1. The average molecular weight is 452 g/mol. The fourth-order valence-corrected chi connectivity index (χ4v) is 4.07. The van der Waals surface area contributed by atoms with Crippen LogP contribution in [-0.2, 0) is 22.6 Å². The number of rotatable bonds is 7. The molecule has 3 rings (SSSR count). The van der Waals surface area contributed by atoms with Gasteiger partial charge in [-0.15, -0.1) is 0 Å². The molecule has 1 heterocycles. The Hall–Kier alpha value is -2.76. The molecular formula is C26H30ClN3O2. The van der Waals surface area contributed by atoms with E-state index in [1.54, 1.807) is 18.2 Å². The lowest BCUT2D eigenvalue weighted by Gasteiger charge is -2.22. The summed E-state index contributed by atoms with van der Waals surface area (Å²) in [5.41, 5.74) is 13.1. The predicted octanol–water partition coefficient (Wildman–Crippen LogP) is 5.23. The fraction of sp³-hybridized carbons (Fsp3) is 0.346. The molecule has 168 valence electrons. The second-order valence-electron chi connectivity index (χ2n) is 8.66. The molecule has 32 heavy (non-hydrogen) atoms. The van der Waals surface area contributed by atoms with Crippen molar-refractivity contribution in [2.45, 2.75) is 47.1 Å². The van der Waals surface area contributed by atoms with Gasteiger partial charge < -0.3 is 11.1 Å². The monoisotopic (exact) mass is 451 g/mol. The molecule has 1 atom stereocenters. The first-order chi connectivity index (χ1) is 15.2. The second kappa shape index (κ2) is 10.2. The van der Waals surface area contributed by atoms with Crippen LogP contribution in [0.25, 0.3) is 11.1 Å². The number of nitrogens with two attached hydrogens (primary N) is 1. The molecule has 0 fully saturated rings. The van der Waals surface area contributed by atoms with E-state index in [9.17, 15) is 9.59 Å². The highest BCUT2D eigenvalue weighted by Gasteiger charge is 2.23. The third kappa shape index (κ3) is 5.34. The maximum absolute atomic E-state index is 13.1. The SMILES string of the molecule is Cc1ccc(-c2c(CN)c(CC(C)C)nc(C)c2NC(=O)C2=CCC(C(=O)Cl)C=C2)cc1. The molecule has 1 aromatic carbocycles. The number of anilines is 1. The molecule has 1 amide bonds. The van der Waals surface area contributed by atoms with Crippen LogP contribution in [-0.4, -0.2) is 16.1 Å². The number of nitrogens with zero attached hydrogens (tertiary/aromatic N) is 1. The number of aromatic nitrogens is 1. The van der Waals surface area contributed by atoms with Gasteiger partial charge in [0.25, 0.3) is 5.91 Å². The lowest BCUT2D eigenvalue weighted by Crippen LogP contribution is -2.20. The topological polar surface area (TPSA) is 85.1 Å². The van der Waals surface area contributed by atoms with E-state index in [0.29, 0.717) is 30.1 Å². The first-order valence-corrected chi connectivity index (χ1v) is 11.3. The first kappa shape index (κ1) is 23.9. The Labute approximate surface area is 194 Å². The van der Waals surface area contributed by atoms with Crippen molar-refractivity contribution in [2.24, 2.45) is 17.6 Å². The number of carbonyl (C=O) groups excluding carboxylic acids is 2. The van der Waals surface area contributed by atoms with Crippen molar-refractivity contribution in [3.63, 3.8) is 0 Å².